The van der Waals surface area contributed by atoms with E-state index in [9.17, 15) is 9.90 Å². The molecule has 0 fully saturated rings. The molecule has 0 saturated carbocycles. The topological polar surface area (TPSA) is 70.6 Å². The van der Waals surface area contributed by atoms with Crippen molar-refractivity contribution in [3.63, 3.8) is 0 Å². The Bertz CT molecular complexity index is 427. The van der Waals surface area contributed by atoms with Crippen molar-refractivity contribution in [3.05, 3.63) is 29.8 Å². The average molecular weight is 266 g/mol. The number of hydrazine groups is 1. The molecule has 1 aromatic carbocycles. The van der Waals surface area contributed by atoms with Crippen LogP contribution in [0.1, 0.15) is 45.7 Å². The molecule has 3 N–H and O–H groups in total. The quantitative estimate of drug-likeness (QED) is 0.733. The summed E-state index contributed by atoms with van der Waals surface area (Å²) in [6.45, 7) is 7.35. The van der Waals surface area contributed by atoms with Gasteiger partial charge < -0.3 is 9.84 Å². The third-order valence-corrected chi connectivity index (χ3v) is 2.47. The number of rotatable bonds is 4. The molecule has 0 aliphatic heterocycles. The van der Waals surface area contributed by atoms with E-state index in [2.05, 4.69) is 10.9 Å². The number of nitrogens with one attached hydrogen (secondary N) is 2. The molecule has 0 saturated heterocycles. The first-order chi connectivity index (χ1) is 8.83. The van der Waals surface area contributed by atoms with Crippen molar-refractivity contribution in [3.8, 4) is 5.75 Å². The van der Waals surface area contributed by atoms with Crippen molar-refractivity contribution in [2.75, 3.05) is 0 Å². The lowest BCUT2D eigenvalue weighted by Crippen LogP contribution is -2.42. The van der Waals surface area contributed by atoms with Gasteiger partial charge in [0.15, 0.2) is 0 Å². The van der Waals surface area contributed by atoms with Crippen molar-refractivity contribution >= 4 is 6.09 Å². The van der Waals surface area contributed by atoms with Gasteiger partial charge >= 0.3 is 6.09 Å². The fourth-order valence-electron chi connectivity index (χ4n) is 1.63. The predicted octanol–water partition coefficient (Wildman–Crippen LogP) is 2.87. The van der Waals surface area contributed by atoms with Gasteiger partial charge in [-0.1, -0.05) is 25.1 Å². The Kier molecular flexibility index (Phi) is 5.18. The Balaban J connectivity index is 2.59. The number of hydrogen-bond donors (Lipinski definition) is 3. The van der Waals surface area contributed by atoms with Crippen LogP contribution in [0, 0.1) is 0 Å². The van der Waals surface area contributed by atoms with Gasteiger partial charge in [-0.25, -0.2) is 10.2 Å². The minimum absolute atomic E-state index is 0.172. The van der Waals surface area contributed by atoms with Crippen molar-refractivity contribution in [1.29, 1.82) is 0 Å². The lowest BCUT2D eigenvalue weighted by molar-refractivity contribution is 0.0486. The molecule has 1 amide bonds. The SMILES string of the molecule is CCC(NNC(=O)OC(C)(C)C)c1ccccc1O. The van der Waals surface area contributed by atoms with Crippen molar-refractivity contribution < 1.29 is 14.6 Å². The molecule has 0 aliphatic rings. The van der Waals surface area contributed by atoms with E-state index < -0.39 is 11.7 Å². The lowest BCUT2D eigenvalue weighted by Gasteiger charge is -2.22. The summed E-state index contributed by atoms with van der Waals surface area (Å²) in [6, 6.07) is 6.86. The van der Waals surface area contributed by atoms with E-state index in [0.717, 1.165) is 5.56 Å². The summed E-state index contributed by atoms with van der Waals surface area (Å²) in [5, 5.41) is 9.78. The third kappa shape index (κ3) is 5.18. The lowest BCUT2D eigenvalue weighted by atomic mass is 10.0. The van der Waals surface area contributed by atoms with E-state index >= 15 is 0 Å². The minimum Gasteiger partial charge on any atom is -0.508 e. The van der Waals surface area contributed by atoms with Crippen LogP contribution >= 0.6 is 0 Å². The number of phenolic OH excluding ortho intramolecular Hbond substituents is 1. The molecule has 1 unspecified atom stereocenters. The molecule has 0 radical (unpaired) electrons. The van der Waals surface area contributed by atoms with Crippen LogP contribution in [0.4, 0.5) is 4.79 Å². The Hall–Kier alpha value is -1.75. The van der Waals surface area contributed by atoms with E-state index in [4.69, 9.17) is 4.74 Å². The van der Waals surface area contributed by atoms with Gasteiger partial charge in [-0.15, -0.1) is 0 Å². The molecule has 0 aromatic heterocycles. The molecule has 5 nitrogen and oxygen atoms in total. The highest BCUT2D eigenvalue weighted by Gasteiger charge is 2.18. The number of benzene rings is 1. The zero-order valence-electron chi connectivity index (χ0n) is 11.9. The molecule has 1 atom stereocenters. The number of para-hydroxylation sites is 1. The second-order valence-corrected chi connectivity index (χ2v) is 5.29. The average Bonchev–Trinajstić information content (AvgIpc) is 2.29. The van der Waals surface area contributed by atoms with Gasteiger partial charge in [-0.3, -0.25) is 5.43 Å². The number of aromatic hydroxyl groups is 1. The van der Waals surface area contributed by atoms with E-state index in [-0.39, 0.29) is 11.8 Å². The molecule has 0 heterocycles. The third-order valence-electron chi connectivity index (χ3n) is 2.47. The van der Waals surface area contributed by atoms with E-state index in [1.165, 1.54) is 0 Å². The van der Waals surface area contributed by atoms with Crippen molar-refractivity contribution in [2.45, 2.75) is 45.8 Å². The van der Waals surface area contributed by atoms with Crippen LogP contribution in [0.5, 0.6) is 5.75 Å². The molecule has 106 valence electrons. The van der Waals surface area contributed by atoms with Crippen molar-refractivity contribution in [2.24, 2.45) is 0 Å². The zero-order valence-corrected chi connectivity index (χ0v) is 11.9. The highest BCUT2D eigenvalue weighted by molar-refractivity contribution is 5.67. The summed E-state index contributed by atoms with van der Waals surface area (Å²) >= 11 is 0. The van der Waals surface area contributed by atoms with E-state index in [0.29, 0.717) is 6.42 Å². The smallest absolute Gasteiger partial charge is 0.422 e. The number of carbonyl (C=O) groups is 1. The number of ether oxygens (including phenoxy) is 1. The van der Waals surface area contributed by atoms with Crippen LogP contribution in [-0.2, 0) is 4.74 Å². The highest BCUT2D eigenvalue weighted by atomic mass is 16.6. The molecule has 1 aromatic rings. The molecular formula is C14H22N2O3. The number of amides is 1. The summed E-state index contributed by atoms with van der Waals surface area (Å²) in [6.07, 6.45) is 0.175. The number of carbonyl (C=O) groups excluding carboxylic acids is 1. The predicted molar refractivity (Wildman–Crippen MR) is 73.6 cm³/mol. The highest BCUT2D eigenvalue weighted by Crippen LogP contribution is 2.25. The zero-order chi connectivity index (χ0) is 14.5. The van der Waals surface area contributed by atoms with Crippen LogP contribution in [0.2, 0.25) is 0 Å². The standard InChI is InChI=1S/C14H22N2O3/c1-5-11(10-8-6-7-9-12(10)17)15-16-13(18)19-14(2,3)4/h6-9,11,15,17H,5H2,1-4H3,(H,16,18). The Morgan fingerprint density at radius 1 is 1.37 bits per heavy atom. The second-order valence-electron chi connectivity index (χ2n) is 5.29. The second kappa shape index (κ2) is 6.43. The first kappa shape index (κ1) is 15.3. The van der Waals surface area contributed by atoms with Gasteiger partial charge in [0.05, 0.1) is 6.04 Å². The minimum atomic E-state index is -0.540. The van der Waals surface area contributed by atoms with Crippen LogP contribution < -0.4 is 10.9 Å². The molecule has 0 spiro atoms. The van der Waals surface area contributed by atoms with Gasteiger partial charge in [0.2, 0.25) is 0 Å². The van der Waals surface area contributed by atoms with Crippen LogP contribution in [0.25, 0.3) is 0 Å². The van der Waals surface area contributed by atoms with Crippen LogP contribution in [0.15, 0.2) is 24.3 Å². The molecule has 0 aliphatic carbocycles. The summed E-state index contributed by atoms with van der Waals surface area (Å²) in [7, 11) is 0. The van der Waals surface area contributed by atoms with Crippen LogP contribution in [-0.4, -0.2) is 16.8 Å². The molecular weight excluding hydrogens is 244 g/mol. The summed E-state index contributed by atoms with van der Waals surface area (Å²) < 4.78 is 5.12. The summed E-state index contributed by atoms with van der Waals surface area (Å²) in [5.41, 5.74) is 5.56. The molecule has 5 heteroatoms. The maximum absolute atomic E-state index is 11.5. The Labute approximate surface area is 113 Å². The molecule has 0 bridgehead atoms. The Morgan fingerprint density at radius 2 is 2.00 bits per heavy atom. The van der Waals surface area contributed by atoms with E-state index in [1.54, 1.807) is 32.9 Å². The van der Waals surface area contributed by atoms with Gasteiger partial charge in [0.1, 0.15) is 11.4 Å². The molecule has 19 heavy (non-hydrogen) atoms. The van der Waals surface area contributed by atoms with Crippen molar-refractivity contribution in [1.82, 2.24) is 10.9 Å². The van der Waals surface area contributed by atoms with E-state index in [1.807, 2.05) is 19.1 Å². The number of phenols is 1. The summed E-state index contributed by atoms with van der Waals surface area (Å²) in [4.78, 5) is 11.5. The van der Waals surface area contributed by atoms with Gasteiger partial charge in [-0.2, -0.15) is 0 Å². The maximum Gasteiger partial charge on any atom is 0.422 e. The maximum atomic E-state index is 11.5. The first-order valence-electron chi connectivity index (χ1n) is 6.36. The normalized spacial score (nSPS) is 12.8. The monoisotopic (exact) mass is 266 g/mol. The first-order valence-corrected chi connectivity index (χ1v) is 6.36. The van der Waals surface area contributed by atoms with Gasteiger partial charge in [0.25, 0.3) is 0 Å². The molecule has 1 rings (SSSR count). The van der Waals surface area contributed by atoms with Crippen LogP contribution in [0.3, 0.4) is 0 Å². The largest absolute Gasteiger partial charge is 0.508 e. The number of hydrogen-bond acceptors (Lipinski definition) is 4. The Morgan fingerprint density at radius 3 is 2.53 bits per heavy atom. The fraction of sp³-hybridized carbons (Fsp3) is 0.500. The van der Waals surface area contributed by atoms with Gasteiger partial charge in [-0.05, 0) is 33.3 Å². The fourth-order valence-corrected chi connectivity index (χ4v) is 1.63. The van der Waals surface area contributed by atoms with Gasteiger partial charge in [0, 0.05) is 5.56 Å². The summed E-state index contributed by atoms with van der Waals surface area (Å²) in [5.74, 6) is 0.202.